The maximum absolute atomic E-state index is 5.53. The van der Waals surface area contributed by atoms with E-state index in [1.165, 1.54) is 170 Å². The van der Waals surface area contributed by atoms with Gasteiger partial charge in [-0.2, -0.15) is 0 Å². The predicted octanol–water partition coefficient (Wildman–Crippen LogP) is 27.3. The number of hydrogen-bond acceptors (Lipinski definition) is 2. The Hall–Kier alpha value is -14.3. The van der Waals surface area contributed by atoms with Crippen molar-refractivity contribution in [3.05, 3.63) is 426 Å². The molecule has 0 saturated heterocycles. The molecule has 4 aliphatic rings. The Morgan fingerprint density at radius 3 is 1.26 bits per heavy atom. The van der Waals surface area contributed by atoms with Crippen LogP contribution >= 0.6 is 0 Å². The van der Waals surface area contributed by atoms with Crippen LogP contribution in [0.15, 0.2) is 376 Å². The second-order valence-corrected chi connectivity index (χ2v) is 31.5. The highest BCUT2D eigenvalue weighted by atomic mass is 15.1. The molecule has 4 nitrogen and oxygen atoms in total. The number of hydrogen-bond donors (Lipinski definition) is 0. The minimum Gasteiger partial charge on any atom is -0.324 e. The Bertz CT molecular complexity index is 7650. The molecule has 0 N–H and O–H groups in total. The van der Waals surface area contributed by atoms with Gasteiger partial charge in [0, 0.05) is 23.4 Å². The summed E-state index contributed by atoms with van der Waals surface area (Å²) in [5.41, 5.74) is 33.7. The maximum atomic E-state index is 5.53. The zero-order valence-corrected chi connectivity index (χ0v) is 61.7. The Kier molecular flexibility index (Phi) is 13.1. The van der Waals surface area contributed by atoms with Crippen LogP contribution in [0, 0.1) is 0 Å². The van der Waals surface area contributed by atoms with Crippen LogP contribution in [0.1, 0.15) is 56.5 Å². The largest absolute Gasteiger partial charge is 0.324 e. The van der Waals surface area contributed by atoms with E-state index in [9.17, 15) is 0 Å². The van der Waals surface area contributed by atoms with Crippen LogP contribution in [-0.2, 0) is 23.8 Å². The van der Waals surface area contributed by atoms with Crippen molar-refractivity contribution >= 4 is 86.7 Å². The van der Waals surface area contributed by atoms with E-state index in [1.807, 2.05) is 0 Å². The number of benzene rings is 19. The van der Waals surface area contributed by atoms with Crippen LogP contribution in [0.4, 0.5) is 0 Å². The van der Waals surface area contributed by atoms with E-state index in [2.05, 4.69) is 385 Å². The van der Waals surface area contributed by atoms with Crippen LogP contribution in [-0.4, -0.2) is 19.1 Å². The number of rotatable bonds is 9. The molecule has 0 atom stereocenters. The second-order valence-electron chi connectivity index (χ2n) is 31.5. The molecular formula is C109H68N4. The first-order valence-electron chi connectivity index (χ1n) is 39.7. The first-order chi connectivity index (χ1) is 56.0. The van der Waals surface area contributed by atoms with Crippen LogP contribution in [0.25, 0.3) is 182 Å². The third kappa shape index (κ3) is 8.59. The molecule has 0 bridgehead atoms. The molecule has 2 spiro atoms. The number of fused-ring (bicyclic) bond motifs is 34. The quantitative estimate of drug-likeness (QED) is 0.135. The standard InChI is InChI=1S/C109H68N4/c1-2-32-77(33-3-1)113-100-52-21-19-50-98(100)111-107(113)74-30-23-28-68(59-74)70-54-56-72-63-90-96(65-76(72)61-70)109(93-47-16-12-38-82(93)83-39-13-17-48-94(83)109)105-87-43-9-7-41-85(87)101-66(26-24-44-88(101)103(90)105)31-25-57-112-99-51-20-18-49-97(99)110-106(112)73-29-22-27-67(58-73)69-53-55-71-62-89-95(64-75(71)60-69)108(91-45-14-10-36-80(91)81-37-11-15-46-92(81)108)104-86-42-8-5-35-79(86)78-34-4-6-40-84(78)102(89)104/h1-24,26-30,32-56,58-65H,25,31,57H2. The van der Waals surface area contributed by atoms with Crippen molar-refractivity contribution in [1.29, 1.82) is 0 Å². The van der Waals surface area contributed by atoms with Crippen LogP contribution in [0.5, 0.6) is 0 Å². The molecule has 0 saturated carbocycles. The molecule has 21 aromatic rings. The van der Waals surface area contributed by atoms with Gasteiger partial charge in [-0.1, -0.05) is 291 Å². The normalized spacial score (nSPS) is 13.6. The smallest absolute Gasteiger partial charge is 0.145 e. The summed E-state index contributed by atoms with van der Waals surface area (Å²) in [7, 11) is 0. The predicted molar refractivity (Wildman–Crippen MR) is 469 cm³/mol. The third-order valence-electron chi connectivity index (χ3n) is 26.0. The molecule has 0 fully saturated rings. The zero-order valence-electron chi connectivity index (χ0n) is 61.7. The van der Waals surface area contributed by atoms with Gasteiger partial charge in [-0.25, -0.2) is 9.97 Å². The second kappa shape index (κ2) is 23.6. The van der Waals surface area contributed by atoms with E-state index in [0.29, 0.717) is 0 Å². The van der Waals surface area contributed by atoms with E-state index < -0.39 is 10.8 Å². The van der Waals surface area contributed by atoms with Crippen molar-refractivity contribution in [2.24, 2.45) is 0 Å². The molecule has 4 heteroatoms. The summed E-state index contributed by atoms with van der Waals surface area (Å²) in [5, 5.41) is 15.3. The average Bonchev–Trinajstić information content (AvgIpc) is 1.50. The van der Waals surface area contributed by atoms with E-state index >= 15 is 0 Å². The summed E-state index contributed by atoms with van der Waals surface area (Å²) in [4.78, 5) is 10.8. The number of para-hydroxylation sites is 5. The van der Waals surface area contributed by atoms with E-state index in [-0.39, 0.29) is 0 Å². The molecule has 25 rings (SSSR count). The topological polar surface area (TPSA) is 35.6 Å². The summed E-state index contributed by atoms with van der Waals surface area (Å²) in [6, 6.07) is 142. The molecule has 0 radical (unpaired) electrons. The van der Waals surface area contributed by atoms with Gasteiger partial charge >= 0.3 is 0 Å². The lowest BCUT2D eigenvalue weighted by molar-refractivity contribution is 0.664. The fraction of sp³-hybridized carbons (Fsp3) is 0.0459. The Labute approximate surface area is 653 Å². The van der Waals surface area contributed by atoms with Gasteiger partial charge in [0.05, 0.1) is 32.9 Å². The Balaban J connectivity index is 0.595. The van der Waals surface area contributed by atoms with Gasteiger partial charge in [0.15, 0.2) is 0 Å². The molecular weight excluding hydrogens is 1370 g/mol. The highest BCUT2D eigenvalue weighted by molar-refractivity contribution is 6.23. The SMILES string of the molecule is c1ccc(-n2c(-c3cccc(-c4ccc5cc6c(cc5c4)C4(c5ccccc5-c5ccccc54)c4c-6c5cccc(CCCn6c(-c7cccc(-c8ccc9cc%10c(cc9c8)C8(c9ccccc9-c9ccccc98)c8c-%10c9ccccc9c9ccccc89)c7)nc7ccccc76)c5c5ccccc45)c3)nc3ccccc32)cc1. The minimum atomic E-state index is -0.592. The summed E-state index contributed by atoms with van der Waals surface area (Å²) < 4.78 is 4.78. The fourth-order valence-electron chi connectivity index (χ4n) is 21.5. The summed E-state index contributed by atoms with van der Waals surface area (Å²) in [6.45, 7) is 0.786. The van der Waals surface area contributed by atoms with Gasteiger partial charge in [-0.3, -0.25) is 4.57 Å². The van der Waals surface area contributed by atoms with Gasteiger partial charge < -0.3 is 4.57 Å². The lowest BCUT2D eigenvalue weighted by Crippen LogP contribution is -2.26. The highest BCUT2D eigenvalue weighted by Gasteiger charge is 2.55. The van der Waals surface area contributed by atoms with Crippen LogP contribution in [0.3, 0.4) is 0 Å². The van der Waals surface area contributed by atoms with E-state index in [1.54, 1.807) is 0 Å². The Morgan fingerprint density at radius 2 is 0.673 bits per heavy atom. The molecule has 113 heavy (non-hydrogen) atoms. The molecule has 19 aromatic carbocycles. The van der Waals surface area contributed by atoms with Crippen molar-refractivity contribution in [3.8, 4) is 95.2 Å². The van der Waals surface area contributed by atoms with Crippen molar-refractivity contribution in [1.82, 2.24) is 19.1 Å². The van der Waals surface area contributed by atoms with Crippen molar-refractivity contribution in [2.75, 3.05) is 0 Å². The molecule has 0 unspecified atom stereocenters. The van der Waals surface area contributed by atoms with Crippen LogP contribution < -0.4 is 0 Å². The van der Waals surface area contributed by atoms with Crippen molar-refractivity contribution in [2.45, 2.75) is 30.2 Å². The van der Waals surface area contributed by atoms with Crippen molar-refractivity contribution in [3.63, 3.8) is 0 Å². The first kappa shape index (κ1) is 62.6. The molecule has 2 heterocycles. The van der Waals surface area contributed by atoms with Gasteiger partial charge in [-0.15, -0.1) is 0 Å². The molecule has 4 aliphatic carbocycles. The monoisotopic (exact) mass is 1430 g/mol. The summed E-state index contributed by atoms with van der Waals surface area (Å²) in [5.74, 6) is 1.91. The van der Waals surface area contributed by atoms with Gasteiger partial charge in [0.1, 0.15) is 11.6 Å². The lowest BCUT2D eigenvalue weighted by atomic mass is 9.69. The molecule has 2 aromatic heterocycles. The molecule has 0 amide bonds. The van der Waals surface area contributed by atoms with E-state index in [0.717, 1.165) is 81.0 Å². The average molecular weight is 1430 g/mol. The number of imidazole rings is 2. The number of aromatic nitrogens is 4. The Morgan fingerprint density at radius 1 is 0.257 bits per heavy atom. The fourth-order valence-corrected chi connectivity index (χ4v) is 21.5. The minimum absolute atomic E-state index is 0.523. The summed E-state index contributed by atoms with van der Waals surface area (Å²) >= 11 is 0. The van der Waals surface area contributed by atoms with E-state index in [4.69, 9.17) is 9.97 Å². The van der Waals surface area contributed by atoms with Gasteiger partial charge in [0.2, 0.25) is 0 Å². The first-order valence-corrected chi connectivity index (χ1v) is 39.7. The number of nitrogens with zero attached hydrogens (tertiary/aromatic N) is 4. The van der Waals surface area contributed by atoms with Crippen molar-refractivity contribution < 1.29 is 0 Å². The zero-order chi connectivity index (χ0) is 73.8. The number of aryl methyl sites for hydroxylation is 2. The third-order valence-corrected chi connectivity index (χ3v) is 26.0. The van der Waals surface area contributed by atoms with Gasteiger partial charge in [0.25, 0.3) is 0 Å². The summed E-state index contributed by atoms with van der Waals surface area (Å²) in [6.07, 6.45) is 1.78. The molecule has 0 aliphatic heterocycles. The van der Waals surface area contributed by atoms with Gasteiger partial charge in [-0.05, 0) is 279 Å². The highest BCUT2D eigenvalue weighted by Crippen LogP contribution is 2.68. The maximum Gasteiger partial charge on any atom is 0.145 e. The lowest BCUT2D eigenvalue weighted by Gasteiger charge is -2.32. The molecule has 524 valence electrons. The van der Waals surface area contributed by atoms with Crippen LogP contribution in [0.2, 0.25) is 0 Å².